The molecule has 1 fully saturated rings. The van der Waals surface area contributed by atoms with Crippen molar-refractivity contribution in [1.29, 1.82) is 0 Å². The zero-order chi connectivity index (χ0) is 14.0. The van der Waals surface area contributed by atoms with Crippen molar-refractivity contribution in [1.82, 2.24) is 4.90 Å². The van der Waals surface area contributed by atoms with Gasteiger partial charge in [-0.2, -0.15) is 0 Å². The normalized spacial score (nSPS) is 17.6. The molecule has 0 bridgehead atoms. The van der Waals surface area contributed by atoms with Crippen molar-refractivity contribution in [2.75, 3.05) is 19.6 Å². The molecule has 2 rings (SSSR count). The fourth-order valence-corrected chi connectivity index (χ4v) is 2.20. The standard InChI is InChI=1S/C12H15N3O4.ClH/c13-6-8-3-4-14(7-8)12(17)9-1-2-10(15(18)19)11(16)5-9;/h1-2,5,8,16H,3-4,6-7,13H2;1H. The minimum absolute atomic E-state index is 0. The molecule has 1 atom stereocenters. The third kappa shape index (κ3) is 3.17. The number of aromatic hydroxyl groups is 1. The van der Waals surface area contributed by atoms with Crippen molar-refractivity contribution in [3.05, 3.63) is 33.9 Å². The molecule has 0 aliphatic carbocycles. The van der Waals surface area contributed by atoms with Gasteiger partial charge >= 0.3 is 5.69 Å². The fourth-order valence-electron chi connectivity index (χ4n) is 2.20. The Hall–Kier alpha value is -1.86. The minimum atomic E-state index is -0.691. The van der Waals surface area contributed by atoms with Crippen LogP contribution in [0.5, 0.6) is 5.75 Å². The lowest BCUT2D eigenvalue weighted by atomic mass is 10.1. The third-order valence-electron chi connectivity index (χ3n) is 3.33. The molecule has 0 saturated carbocycles. The Morgan fingerprint density at radius 2 is 2.25 bits per heavy atom. The van der Waals surface area contributed by atoms with E-state index in [2.05, 4.69) is 0 Å². The summed E-state index contributed by atoms with van der Waals surface area (Å²) in [5.74, 6) is -0.429. The molecule has 1 aliphatic rings. The van der Waals surface area contributed by atoms with Crippen molar-refractivity contribution in [3.63, 3.8) is 0 Å². The smallest absolute Gasteiger partial charge is 0.310 e. The number of rotatable bonds is 3. The van der Waals surface area contributed by atoms with Crippen molar-refractivity contribution in [2.45, 2.75) is 6.42 Å². The van der Waals surface area contributed by atoms with E-state index in [1.165, 1.54) is 6.07 Å². The summed E-state index contributed by atoms with van der Waals surface area (Å²) in [6.45, 7) is 1.75. The van der Waals surface area contributed by atoms with Gasteiger partial charge in [0.15, 0.2) is 5.75 Å². The van der Waals surface area contributed by atoms with E-state index in [9.17, 15) is 20.0 Å². The maximum atomic E-state index is 12.1. The predicted molar refractivity (Wildman–Crippen MR) is 75.1 cm³/mol. The van der Waals surface area contributed by atoms with Gasteiger partial charge in [-0.1, -0.05) is 0 Å². The fraction of sp³-hybridized carbons (Fsp3) is 0.417. The Kier molecular flexibility index (Phi) is 5.29. The molecule has 1 amide bonds. The number of halogens is 1. The molecular formula is C12H16ClN3O4. The van der Waals surface area contributed by atoms with Gasteiger partial charge in [0.2, 0.25) is 0 Å². The summed E-state index contributed by atoms with van der Waals surface area (Å²) >= 11 is 0. The van der Waals surface area contributed by atoms with Gasteiger partial charge in [-0.05, 0) is 31.0 Å². The van der Waals surface area contributed by atoms with Crippen molar-refractivity contribution in [3.8, 4) is 5.75 Å². The minimum Gasteiger partial charge on any atom is -0.502 e. The van der Waals surface area contributed by atoms with Crippen LogP contribution >= 0.6 is 12.4 Å². The summed E-state index contributed by atoms with van der Waals surface area (Å²) in [6.07, 6.45) is 0.862. The number of nitro groups is 1. The number of phenols is 1. The molecule has 1 saturated heterocycles. The highest BCUT2D eigenvalue weighted by Gasteiger charge is 2.27. The lowest BCUT2D eigenvalue weighted by Gasteiger charge is -2.16. The summed E-state index contributed by atoms with van der Waals surface area (Å²) in [6, 6.07) is 3.63. The summed E-state index contributed by atoms with van der Waals surface area (Å²) in [5.41, 5.74) is 5.41. The summed E-state index contributed by atoms with van der Waals surface area (Å²) < 4.78 is 0. The lowest BCUT2D eigenvalue weighted by Crippen LogP contribution is -2.29. The second kappa shape index (κ2) is 6.53. The highest BCUT2D eigenvalue weighted by atomic mass is 35.5. The predicted octanol–water partition coefficient (Wildman–Crippen LogP) is 1.14. The number of hydrogen-bond donors (Lipinski definition) is 2. The average Bonchev–Trinajstić information content (AvgIpc) is 2.86. The monoisotopic (exact) mass is 301 g/mol. The van der Waals surface area contributed by atoms with E-state index in [1.54, 1.807) is 4.90 Å². The zero-order valence-corrected chi connectivity index (χ0v) is 11.5. The molecule has 3 N–H and O–H groups in total. The second-order valence-electron chi connectivity index (χ2n) is 4.60. The number of nitrogens with zero attached hydrogens (tertiary/aromatic N) is 2. The first-order valence-electron chi connectivity index (χ1n) is 5.99. The lowest BCUT2D eigenvalue weighted by molar-refractivity contribution is -0.385. The maximum Gasteiger partial charge on any atom is 0.310 e. The van der Waals surface area contributed by atoms with Gasteiger partial charge in [-0.15, -0.1) is 12.4 Å². The van der Waals surface area contributed by atoms with E-state index in [4.69, 9.17) is 5.73 Å². The van der Waals surface area contributed by atoms with Crippen molar-refractivity contribution >= 4 is 24.0 Å². The number of benzene rings is 1. The van der Waals surface area contributed by atoms with E-state index in [0.717, 1.165) is 18.6 Å². The number of nitro benzene ring substituents is 1. The van der Waals surface area contributed by atoms with Crippen LogP contribution in [0.2, 0.25) is 0 Å². The molecule has 110 valence electrons. The highest BCUT2D eigenvalue weighted by molar-refractivity contribution is 5.95. The summed E-state index contributed by atoms with van der Waals surface area (Å²) in [7, 11) is 0. The number of nitrogens with two attached hydrogens (primary N) is 1. The van der Waals surface area contributed by atoms with Gasteiger partial charge in [0.25, 0.3) is 5.91 Å². The van der Waals surface area contributed by atoms with E-state index < -0.39 is 16.4 Å². The largest absolute Gasteiger partial charge is 0.502 e. The number of likely N-dealkylation sites (tertiary alicyclic amines) is 1. The quantitative estimate of drug-likeness (QED) is 0.642. The summed E-state index contributed by atoms with van der Waals surface area (Å²) in [4.78, 5) is 23.7. The van der Waals surface area contributed by atoms with Crippen LogP contribution in [0.1, 0.15) is 16.8 Å². The zero-order valence-electron chi connectivity index (χ0n) is 10.7. The number of carbonyl (C=O) groups is 1. The van der Waals surface area contributed by atoms with Crippen LogP contribution < -0.4 is 5.73 Å². The Morgan fingerprint density at radius 3 is 2.75 bits per heavy atom. The number of phenolic OH excluding ortho intramolecular Hbond substituents is 1. The first-order chi connectivity index (χ1) is 9.02. The topological polar surface area (TPSA) is 110 Å². The molecule has 1 unspecified atom stereocenters. The molecule has 1 aliphatic heterocycles. The Labute approximate surface area is 121 Å². The maximum absolute atomic E-state index is 12.1. The Morgan fingerprint density at radius 1 is 1.55 bits per heavy atom. The first-order valence-corrected chi connectivity index (χ1v) is 5.99. The van der Waals surface area contributed by atoms with Crippen LogP contribution in [0.15, 0.2) is 18.2 Å². The van der Waals surface area contributed by atoms with Crippen LogP contribution in [-0.4, -0.2) is 40.5 Å². The van der Waals surface area contributed by atoms with Gasteiger partial charge in [-0.25, -0.2) is 0 Å². The third-order valence-corrected chi connectivity index (χ3v) is 3.33. The Bertz CT molecular complexity index is 523. The number of hydrogen-bond acceptors (Lipinski definition) is 5. The Balaban J connectivity index is 0.00000200. The van der Waals surface area contributed by atoms with Gasteiger partial charge in [0, 0.05) is 24.7 Å². The van der Waals surface area contributed by atoms with E-state index >= 15 is 0 Å². The van der Waals surface area contributed by atoms with Gasteiger partial charge in [0.1, 0.15) is 0 Å². The SMILES string of the molecule is Cl.NCC1CCN(C(=O)c2ccc([N+](=O)[O-])c(O)c2)C1. The van der Waals surface area contributed by atoms with E-state index in [-0.39, 0.29) is 23.9 Å². The van der Waals surface area contributed by atoms with Gasteiger partial charge < -0.3 is 15.7 Å². The highest BCUT2D eigenvalue weighted by Crippen LogP contribution is 2.27. The summed E-state index contributed by atoms with van der Waals surface area (Å²) in [5, 5.41) is 20.1. The number of amides is 1. The first kappa shape index (κ1) is 16.2. The van der Waals surface area contributed by atoms with E-state index in [1.807, 2.05) is 0 Å². The number of carbonyl (C=O) groups excluding carboxylic acids is 1. The molecule has 0 spiro atoms. The van der Waals surface area contributed by atoms with Crippen LogP contribution in [0.3, 0.4) is 0 Å². The molecule has 0 aromatic heterocycles. The molecule has 0 radical (unpaired) electrons. The van der Waals surface area contributed by atoms with Crippen LogP contribution in [0.25, 0.3) is 0 Å². The average molecular weight is 302 g/mol. The second-order valence-corrected chi connectivity index (χ2v) is 4.60. The molecule has 1 heterocycles. The molecule has 7 nitrogen and oxygen atoms in total. The van der Waals surface area contributed by atoms with E-state index in [0.29, 0.717) is 25.6 Å². The van der Waals surface area contributed by atoms with Crippen molar-refractivity contribution < 1.29 is 14.8 Å². The van der Waals surface area contributed by atoms with Gasteiger partial charge in [0.05, 0.1) is 4.92 Å². The van der Waals surface area contributed by atoms with Crippen LogP contribution in [-0.2, 0) is 0 Å². The molecule has 1 aromatic carbocycles. The molecule has 8 heteroatoms. The van der Waals surface area contributed by atoms with Crippen LogP contribution in [0.4, 0.5) is 5.69 Å². The van der Waals surface area contributed by atoms with Crippen LogP contribution in [0, 0.1) is 16.0 Å². The van der Waals surface area contributed by atoms with Crippen molar-refractivity contribution in [2.24, 2.45) is 11.7 Å². The molecule has 20 heavy (non-hydrogen) atoms. The van der Waals surface area contributed by atoms with Gasteiger partial charge in [-0.3, -0.25) is 14.9 Å². The molecule has 1 aromatic rings. The molecular weight excluding hydrogens is 286 g/mol.